The Morgan fingerprint density at radius 2 is 2.04 bits per heavy atom. The Labute approximate surface area is 142 Å². The maximum atomic E-state index is 13.7. The first-order valence-corrected chi connectivity index (χ1v) is 8.14. The van der Waals surface area contributed by atoms with Crippen LogP contribution in [0.3, 0.4) is 0 Å². The minimum absolute atomic E-state index is 0.310. The number of imidazole rings is 1. The Kier molecular flexibility index (Phi) is 3.84. The molecule has 1 aromatic carbocycles. The lowest BCUT2D eigenvalue weighted by Gasteiger charge is -2.25. The summed E-state index contributed by atoms with van der Waals surface area (Å²) in [4.78, 5) is 14.9. The molecule has 1 fully saturated rings. The van der Waals surface area contributed by atoms with Crippen molar-refractivity contribution in [3.63, 3.8) is 0 Å². The van der Waals surface area contributed by atoms with Gasteiger partial charge in [0.15, 0.2) is 28.6 Å². The van der Waals surface area contributed by atoms with Crippen molar-refractivity contribution in [2.24, 2.45) is 0 Å². The molecule has 1 saturated heterocycles. The van der Waals surface area contributed by atoms with Gasteiger partial charge in [-0.3, -0.25) is 0 Å². The summed E-state index contributed by atoms with van der Waals surface area (Å²) < 4.78 is 28.8. The molecule has 3 heterocycles. The van der Waals surface area contributed by atoms with Crippen molar-refractivity contribution < 1.29 is 13.9 Å². The normalized spacial score (nSPS) is 20.6. The van der Waals surface area contributed by atoms with Crippen LogP contribution in [0.1, 0.15) is 24.9 Å². The Bertz CT molecular complexity index is 929. The van der Waals surface area contributed by atoms with Crippen molar-refractivity contribution >= 4 is 17.0 Å². The molecule has 25 heavy (non-hydrogen) atoms. The zero-order valence-corrected chi connectivity index (χ0v) is 13.6. The maximum absolute atomic E-state index is 13.7. The van der Waals surface area contributed by atoms with Gasteiger partial charge >= 0.3 is 0 Å². The van der Waals surface area contributed by atoms with E-state index in [1.807, 2.05) is 16.4 Å². The number of β-amino-alcohol motifs (C(OH)–C–C–N with tert-alkyl or cyclic N) is 1. The first-order chi connectivity index (χ1) is 12.1. The van der Waals surface area contributed by atoms with Gasteiger partial charge in [0.2, 0.25) is 0 Å². The molecule has 0 unspecified atom stereocenters. The van der Waals surface area contributed by atoms with E-state index < -0.39 is 17.7 Å². The van der Waals surface area contributed by atoms with Gasteiger partial charge in [0, 0.05) is 13.1 Å². The van der Waals surface area contributed by atoms with E-state index in [1.54, 1.807) is 6.33 Å². The molecule has 0 spiro atoms. The third kappa shape index (κ3) is 2.62. The number of halogens is 2. The summed E-state index contributed by atoms with van der Waals surface area (Å²) in [6.07, 6.45) is 2.97. The van der Waals surface area contributed by atoms with E-state index in [4.69, 9.17) is 0 Å². The van der Waals surface area contributed by atoms with Crippen LogP contribution in [-0.2, 0) is 6.54 Å². The number of anilines is 1. The lowest BCUT2D eigenvalue weighted by atomic mass is 10.0. The molecule has 1 aliphatic rings. The standard InChI is InChI=1S/C17H17F2N5O/c1-2-23-9-22-15-16(23)20-8-21-17(15)24-7-11(25)6-14(24)10-3-4-12(18)13(19)5-10/h3-5,8-9,11,14,25H,2,6-7H2,1H3/t11-,14-/m0/s1. The van der Waals surface area contributed by atoms with Crippen LogP contribution < -0.4 is 4.90 Å². The summed E-state index contributed by atoms with van der Waals surface area (Å²) in [6, 6.07) is 3.51. The highest BCUT2D eigenvalue weighted by molar-refractivity contribution is 5.83. The van der Waals surface area contributed by atoms with Gasteiger partial charge in [-0.25, -0.2) is 23.7 Å². The molecule has 1 aliphatic heterocycles. The Balaban J connectivity index is 1.80. The number of rotatable bonds is 3. The van der Waals surface area contributed by atoms with Crippen LogP contribution in [0.5, 0.6) is 0 Å². The number of hydrogen-bond donors (Lipinski definition) is 1. The number of aliphatic hydroxyl groups is 1. The number of aryl methyl sites for hydroxylation is 1. The van der Waals surface area contributed by atoms with Crippen LogP contribution >= 0.6 is 0 Å². The minimum Gasteiger partial charge on any atom is -0.391 e. The second-order valence-electron chi connectivity index (χ2n) is 6.13. The van der Waals surface area contributed by atoms with Gasteiger partial charge in [-0.05, 0) is 31.0 Å². The maximum Gasteiger partial charge on any atom is 0.165 e. The molecule has 0 aliphatic carbocycles. The van der Waals surface area contributed by atoms with E-state index in [2.05, 4.69) is 15.0 Å². The van der Waals surface area contributed by atoms with Crippen LogP contribution in [-0.4, -0.2) is 37.3 Å². The summed E-state index contributed by atoms with van der Waals surface area (Å²) in [6.45, 7) is 3.06. The van der Waals surface area contributed by atoms with Crippen molar-refractivity contribution in [3.05, 3.63) is 48.1 Å². The van der Waals surface area contributed by atoms with Gasteiger partial charge in [0.05, 0.1) is 18.5 Å². The van der Waals surface area contributed by atoms with Crippen LogP contribution in [0.2, 0.25) is 0 Å². The molecule has 4 rings (SSSR count). The number of nitrogens with zero attached hydrogens (tertiary/aromatic N) is 5. The summed E-state index contributed by atoms with van der Waals surface area (Å²) >= 11 is 0. The quantitative estimate of drug-likeness (QED) is 0.790. The summed E-state index contributed by atoms with van der Waals surface area (Å²) in [5.41, 5.74) is 1.93. The molecule has 0 radical (unpaired) electrons. The van der Waals surface area contributed by atoms with E-state index in [0.717, 1.165) is 12.6 Å². The molecular formula is C17H17F2N5O. The average Bonchev–Trinajstić information content (AvgIpc) is 3.20. The number of benzene rings is 1. The first-order valence-electron chi connectivity index (χ1n) is 8.14. The van der Waals surface area contributed by atoms with Gasteiger partial charge in [-0.1, -0.05) is 6.07 Å². The lowest BCUT2D eigenvalue weighted by molar-refractivity contribution is 0.194. The van der Waals surface area contributed by atoms with Crippen molar-refractivity contribution in [3.8, 4) is 0 Å². The van der Waals surface area contributed by atoms with Crippen LogP contribution in [0.15, 0.2) is 30.9 Å². The predicted octanol–water partition coefficient (Wildman–Crippen LogP) is 2.44. The molecular weight excluding hydrogens is 328 g/mol. The van der Waals surface area contributed by atoms with E-state index in [9.17, 15) is 13.9 Å². The van der Waals surface area contributed by atoms with Gasteiger partial charge < -0.3 is 14.6 Å². The highest BCUT2D eigenvalue weighted by Gasteiger charge is 2.35. The number of hydrogen-bond acceptors (Lipinski definition) is 5. The number of aromatic nitrogens is 4. The predicted molar refractivity (Wildman–Crippen MR) is 88.1 cm³/mol. The van der Waals surface area contributed by atoms with E-state index in [0.29, 0.717) is 35.5 Å². The Morgan fingerprint density at radius 3 is 2.80 bits per heavy atom. The molecule has 0 saturated carbocycles. The zero-order valence-electron chi connectivity index (χ0n) is 13.6. The van der Waals surface area contributed by atoms with Gasteiger partial charge in [0.25, 0.3) is 0 Å². The minimum atomic E-state index is -0.901. The highest BCUT2D eigenvalue weighted by atomic mass is 19.2. The van der Waals surface area contributed by atoms with Crippen LogP contribution in [0.25, 0.3) is 11.2 Å². The fraction of sp³-hybridized carbons (Fsp3) is 0.353. The second kappa shape index (κ2) is 6.03. The summed E-state index contributed by atoms with van der Waals surface area (Å²) in [5, 5.41) is 10.2. The third-order valence-electron chi connectivity index (χ3n) is 4.60. The topological polar surface area (TPSA) is 67.1 Å². The van der Waals surface area contributed by atoms with Crippen molar-refractivity contribution in [2.45, 2.75) is 32.0 Å². The first kappa shape index (κ1) is 15.9. The van der Waals surface area contributed by atoms with E-state index in [-0.39, 0.29) is 6.04 Å². The van der Waals surface area contributed by atoms with Gasteiger partial charge in [0.1, 0.15) is 6.33 Å². The molecule has 2 aromatic heterocycles. The molecule has 8 heteroatoms. The fourth-order valence-electron chi connectivity index (χ4n) is 3.39. The Morgan fingerprint density at radius 1 is 1.20 bits per heavy atom. The van der Waals surface area contributed by atoms with Crippen LogP contribution in [0.4, 0.5) is 14.6 Å². The summed E-state index contributed by atoms with van der Waals surface area (Å²) in [7, 11) is 0. The molecule has 3 aromatic rings. The molecule has 0 bridgehead atoms. The van der Waals surface area contributed by atoms with E-state index >= 15 is 0 Å². The SMILES string of the molecule is CCn1cnc2c(N3C[C@@H](O)C[C@H]3c3ccc(F)c(F)c3)ncnc21. The van der Waals surface area contributed by atoms with Gasteiger partial charge in [-0.2, -0.15) is 0 Å². The molecule has 6 nitrogen and oxygen atoms in total. The number of fused-ring (bicyclic) bond motifs is 1. The molecule has 1 N–H and O–H groups in total. The fourth-order valence-corrected chi connectivity index (χ4v) is 3.39. The smallest absolute Gasteiger partial charge is 0.165 e. The average molecular weight is 345 g/mol. The molecule has 2 atom stereocenters. The molecule has 0 amide bonds. The third-order valence-corrected chi connectivity index (χ3v) is 4.60. The van der Waals surface area contributed by atoms with Crippen LogP contribution in [0, 0.1) is 11.6 Å². The van der Waals surface area contributed by atoms with Crippen molar-refractivity contribution in [2.75, 3.05) is 11.4 Å². The molecule has 130 valence electrons. The second-order valence-corrected chi connectivity index (χ2v) is 6.13. The van der Waals surface area contributed by atoms with Gasteiger partial charge in [-0.15, -0.1) is 0 Å². The summed E-state index contributed by atoms with van der Waals surface area (Å²) in [5.74, 6) is -1.20. The Hall–Kier alpha value is -2.61. The largest absolute Gasteiger partial charge is 0.391 e. The van der Waals surface area contributed by atoms with Crippen molar-refractivity contribution in [1.29, 1.82) is 0 Å². The van der Waals surface area contributed by atoms with Crippen molar-refractivity contribution in [1.82, 2.24) is 19.5 Å². The van der Waals surface area contributed by atoms with E-state index in [1.165, 1.54) is 18.5 Å². The zero-order chi connectivity index (χ0) is 17.6. The highest BCUT2D eigenvalue weighted by Crippen LogP contribution is 2.37. The monoisotopic (exact) mass is 345 g/mol. The number of aliphatic hydroxyl groups excluding tert-OH is 1. The lowest BCUT2D eigenvalue weighted by Crippen LogP contribution is -2.25.